The summed E-state index contributed by atoms with van der Waals surface area (Å²) in [5, 5.41) is 12.8. The Morgan fingerprint density at radius 3 is 2.71 bits per heavy atom. The summed E-state index contributed by atoms with van der Waals surface area (Å²) in [6.45, 7) is 6.36. The number of aromatic nitrogens is 4. The van der Waals surface area contributed by atoms with Gasteiger partial charge in [0.25, 0.3) is 5.91 Å². The normalized spacial score (nSPS) is 22.0. The van der Waals surface area contributed by atoms with Crippen LogP contribution in [0.25, 0.3) is 11.0 Å². The van der Waals surface area contributed by atoms with Gasteiger partial charge in [-0.2, -0.15) is 5.10 Å². The topological polar surface area (TPSA) is 152 Å². The third-order valence-electron chi connectivity index (χ3n) is 8.74. The largest absolute Gasteiger partial charge is 0.490 e. The molecule has 2 aliphatic rings. The van der Waals surface area contributed by atoms with Crippen LogP contribution in [0.1, 0.15) is 66.6 Å². The second-order valence-corrected chi connectivity index (χ2v) is 11.7. The summed E-state index contributed by atoms with van der Waals surface area (Å²) in [5.41, 5.74) is 1.94. The lowest BCUT2D eigenvalue weighted by atomic mass is 9.78. The maximum absolute atomic E-state index is 14.4. The van der Waals surface area contributed by atoms with E-state index in [1.807, 2.05) is 32.0 Å². The van der Waals surface area contributed by atoms with Crippen molar-refractivity contribution in [2.45, 2.75) is 56.7 Å². The Balaban J connectivity index is 1.37. The third kappa shape index (κ3) is 5.52. The molecule has 2 aromatic carbocycles. The van der Waals surface area contributed by atoms with Crippen molar-refractivity contribution in [1.29, 1.82) is 0 Å². The number of hydrogen-bond donors (Lipinski definition) is 4. The number of rotatable bonds is 9. The van der Waals surface area contributed by atoms with E-state index in [-0.39, 0.29) is 24.3 Å². The number of ether oxygens (including phenoxy) is 2. The molecular weight excluding hydrogens is 581 g/mol. The SMILES string of the molecule is CCNC(=O)[C@@H](C)NC(=O)C1(c2ccc3nc([C@@H](NC(=O)c4ccnn4C)[C@@H]4c5cc(F)ccc5O[C@@H]4C)[nH]c3c2)CCOC1. The molecule has 0 aliphatic carbocycles. The Morgan fingerprint density at radius 1 is 1.18 bits per heavy atom. The maximum Gasteiger partial charge on any atom is 0.270 e. The first-order chi connectivity index (χ1) is 21.6. The van der Waals surface area contributed by atoms with Crippen LogP contribution in [0.15, 0.2) is 48.7 Å². The molecule has 4 heterocycles. The number of benzene rings is 2. The fraction of sp³-hybridized carbons (Fsp3) is 0.406. The number of nitrogens with zero attached hydrogens (tertiary/aromatic N) is 3. The highest BCUT2D eigenvalue weighted by molar-refractivity contribution is 5.94. The second kappa shape index (κ2) is 12.0. The maximum atomic E-state index is 14.4. The number of halogens is 1. The van der Waals surface area contributed by atoms with E-state index in [2.05, 4.69) is 26.0 Å². The number of imidazole rings is 1. The summed E-state index contributed by atoms with van der Waals surface area (Å²) >= 11 is 0. The van der Waals surface area contributed by atoms with Crippen LogP contribution in [0.4, 0.5) is 4.39 Å². The van der Waals surface area contributed by atoms with Crippen LogP contribution in [0, 0.1) is 5.82 Å². The van der Waals surface area contributed by atoms with E-state index in [9.17, 15) is 18.8 Å². The number of hydrogen-bond acceptors (Lipinski definition) is 7. The summed E-state index contributed by atoms with van der Waals surface area (Å²) in [5.74, 6) is -0.827. The van der Waals surface area contributed by atoms with E-state index in [1.165, 1.54) is 23.0 Å². The van der Waals surface area contributed by atoms with Gasteiger partial charge in [-0.1, -0.05) is 6.07 Å². The summed E-state index contributed by atoms with van der Waals surface area (Å²) < 4.78 is 27.7. The Hall–Kier alpha value is -4.78. The Labute approximate surface area is 259 Å². The number of aromatic amines is 1. The van der Waals surface area contributed by atoms with Crippen molar-refractivity contribution in [1.82, 2.24) is 35.7 Å². The molecule has 4 N–H and O–H groups in total. The molecule has 0 spiro atoms. The van der Waals surface area contributed by atoms with Crippen LogP contribution in [-0.4, -0.2) is 69.4 Å². The van der Waals surface area contributed by atoms with Crippen molar-refractivity contribution in [3.05, 3.63) is 77.1 Å². The highest BCUT2D eigenvalue weighted by atomic mass is 19.1. The molecule has 1 saturated heterocycles. The highest BCUT2D eigenvalue weighted by Gasteiger charge is 2.45. The van der Waals surface area contributed by atoms with Crippen molar-refractivity contribution in [2.75, 3.05) is 19.8 Å². The van der Waals surface area contributed by atoms with E-state index in [0.29, 0.717) is 59.0 Å². The number of fused-ring (bicyclic) bond motifs is 2. The second-order valence-electron chi connectivity index (χ2n) is 11.7. The van der Waals surface area contributed by atoms with Gasteiger partial charge in [-0.25, -0.2) is 9.37 Å². The molecule has 4 aromatic rings. The van der Waals surface area contributed by atoms with Crippen molar-refractivity contribution < 1.29 is 28.2 Å². The Kier molecular flexibility index (Phi) is 8.04. The molecule has 6 rings (SSSR count). The molecule has 5 atom stereocenters. The monoisotopic (exact) mass is 617 g/mol. The van der Waals surface area contributed by atoms with Gasteiger partial charge < -0.3 is 30.4 Å². The highest BCUT2D eigenvalue weighted by Crippen LogP contribution is 2.45. The molecule has 2 aliphatic heterocycles. The predicted octanol–water partition coefficient (Wildman–Crippen LogP) is 2.77. The first kappa shape index (κ1) is 30.3. The zero-order valence-electron chi connectivity index (χ0n) is 25.5. The Bertz CT molecular complexity index is 1760. The fourth-order valence-corrected chi connectivity index (χ4v) is 6.31. The number of likely N-dealkylation sites (N-methyl/N-ethyl adjacent to an activating group) is 1. The zero-order chi connectivity index (χ0) is 31.9. The number of carbonyl (C=O) groups is 3. The van der Waals surface area contributed by atoms with Crippen LogP contribution in [0.5, 0.6) is 5.75 Å². The van der Waals surface area contributed by atoms with Gasteiger partial charge in [0.2, 0.25) is 11.8 Å². The number of H-pyrrole nitrogens is 1. The summed E-state index contributed by atoms with van der Waals surface area (Å²) in [6.07, 6.45) is 1.57. The standard InChI is InChI=1S/C32H36FN7O5/c1-5-34-29(41)17(2)36-31(43)32(11-13-44-16-32)19-6-8-22-23(14-19)38-28(37-22)27(39-30(42)24-10-12-35-40(24)4)26-18(3)45-25-9-7-20(33)15-21(25)26/h6-10,12,14-15,17-18,26-27H,5,11,13,16H2,1-4H3,(H,34,41)(H,36,43)(H,37,38)(H,39,42)/t17-,18-,26+,27+,32?/m1/s1. The molecule has 45 heavy (non-hydrogen) atoms. The number of aryl methyl sites for hydroxylation is 1. The number of carbonyl (C=O) groups excluding carboxylic acids is 3. The van der Waals surface area contributed by atoms with Gasteiger partial charge in [-0.3, -0.25) is 19.1 Å². The minimum absolute atomic E-state index is 0.163. The lowest BCUT2D eigenvalue weighted by molar-refractivity contribution is -0.132. The summed E-state index contributed by atoms with van der Waals surface area (Å²) in [4.78, 5) is 47.7. The number of amides is 3. The third-order valence-corrected chi connectivity index (χ3v) is 8.74. The molecule has 13 heteroatoms. The van der Waals surface area contributed by atoms with Gasteiger partial charge in [0, 0.05) is 32.0 Å². The molecule has 1 fully saturated rings. The lowest BCUT2D eigenvalue weighted by Gasteiger charge is -2.28. The molecule has 12 nitrogen and oxygen atoms in total. The van der Waals surface area contributed by atoms with Crippen molar-refractivity contribution in [2.24, 2.45) is 7.05 Å². The van der Waals surface area contributed by atoms with E-state index >= 15 is 0 Å². The van der Waals surface area contributed by atoms with E-state index < -0.39 is 35.3 Å². The molecule has 3 amide bonds. The average Bonchev–Trinajstić information content (AvgIpc) is 3.81. The molecule has 2 aromatic heterocycles. The fourth-order valence-electron chi connectivity index (χ4n) is 6.31. The lowest BCUT2D eigenvalue weighted by Crippen LogP contribution is -2.52. The first-order valence-corrected chi connectivity index (χ1v) is 15.0. The van der Waals surface area contributed by atoms with Crippen LogP contribution in [-0.2, 0) is 26.8 Å². The van der Waals surface area contributed by atoms with Gasteiger partial charge in [-0.15, -0.1) is 0 Å². The summed E-state index contributed by atoms with van der Waals surface area (Å²) in [7, 11) is 1.67. The van der Waals surface area contributed by atoms with E-state index in [1.54, 1.807) is 26.1 Å². The van der Waals surface area contributed by atoms with E-state index in [4.69, 9.17) is 14.5 Å². The predicted molar refractivity (Wildman–Crippen MR) is 162 cm³/mol. The molecule has 0 saturated carbocycles. The van der Waals surface area contributed by atoms with Gasteiger partial charge in [0.05, 0.1) is 35.0 Å². The van der Waals surface area contributed by atoms with Gasteiger partial charge in [0.15, 0.2) is 0 Å². The molecule has 236 valence electrons. The van der Waals surface area contributed by atoms with Crippen molar-refractivity contribution >= 4 is 28.8 Å². The smallest absolute Gasteiger partial charge is 0.270 e. The molecule has 1 unspecified atom stereocenters. The van der Waals surface area contributed by atoms with Gasteiger partial charge in [-0.05, 0) is 69.2 Å². The van der Waals surface area contributed by atoms with E-state index in [0.717, 1.165) is 0 Å². The number of nitrogens with one attached hydrogen (secondary N) is 4. The minimum Gasteiger partial charge on any atom is -0.490 e. The molecule has 0 bridgehead atoms. The van der Waals surface area contributed by atoms with Crippen LogP contribution in [0.2, 0.25) is 0 Å². The summed E-state index contributed by atoms with van der Waals surface area (Å²) in [6, 6.07) is 10.0. The quantitative estimate of drug-likeness (QED) is 0.225. The van der Waals surface area contributed by atoms with Crippen LogP contribution >= 0.6 is 0 Å². The van der Waals surface area contributed by atoms with Crippen LogP contribution < -0.4 is 20.7 Å². The van der Waals surface area contributed by atoms with Gasteiger partial charge in [0.1, 0.15) is 35.2 Å². The minimum atomic E-state index is -1.00. The van der Waals surface area contributed by atoms with Crippen molar-refractivity contribution in [3.8, 4) is 5.75 Å². The molecule has 0 radical (unpaired) electrons. The van der Waals surface area contributed by atoms with Crippen molar-refractivity contribution in [3.63, 3.8) is 0 Å². The van der Waals surface area contributed by atoms with Gasteiger partial charge >= 0.3 is 0 Å². The van der Waals surface area contributed by atoms with Crippen LogP contribution in [0.3, 0.4) is 0 Å². The Morgan fingerprint density at radius 2 is 2.00 bits per heavy atom. The zero-order valence-corrected chi connectivity index (χ0v) is 25.5. The first-order valence-electron chi connectivity index (χ1n) is 15.0. The average molecular weight is 618 g/mol. The molecular formula is C32H36FN7O5.